The summed E-state index contributed by atoms with van der Waals surface area (Å²) >= 11 is 19.5. The van der Waals surface area contributed by atoms with Crippen molar-refractivity contribution >= 4 is 52.1 Å². The molecule has 0 amide bonds. The number of carboxylic acids is 1. The number of allylic oxidation sites excluding steroid dienone is 1. The third kappa shape index (κ3) is 5.91. The van der Waals surface area contributed by atoms with Gasteiger partial charge in [0.25, 0.3) is 0 Å². The summed E-state index contributed by atoms with van der Waals surface area (Å²) in [5, 5.41) is 10.9. The Hall–Kier alpha value is -3.50. The molecular formula is C30H25Cl3N2O4. The fourth-order valence-corrected chi connectivity index (χ4v) is 5.18. The van der Waals surface area contributed by atoms with E-state index in [0.29, 0.717) is 56.0 Å². The lowest BCUT2D eigenvalue weighted by molar-refractivity contribution is 0.0697. The molecule has 39 heavy (non-hydrogen) atoms. The number of para-hydroxylation sites is 1. The zero-order valence-electron chi connectivity index (χ0n) is 21.3. The molecule has 1 aliphatic carbocycles. The maximum absolute atomic E-state index is 11.5. The highest BCUT2D eigenvalue weighted by Gasteiger charge is 2.37. The number of aromatic carboxylic acids is 1. The number of anilines is 2. The van der Waals surface area contributed by atoms with Crippen molar-refractivity contribution in [3.8, 4) is 17.6 Å². The highest BCUT2D eigenvalue weighted by molar-refractivity contribution is 6.39. The van der Waals surface area contributed by atoms with Crippen LogP contribution in [-0.2, 0) is 4.74 Å². The van der Waals surface area contributed by atoms with Crippen LogP contribution < -0.4 is 14.5 Å². The van der Waals surface area contributed by atoms with Gasteiger partial charge in [-0.2, -0.15) is 0 Å². The molecule has 0 saturated heterocycles. The number of hydrogen-bond donors (Lipinski definition) is 1. The molecule has 5 rings (SSSR count). The molecule has 0 unspecified atom stereocenters. The van der Waals surface area contributed by atoms with Crippen LogP contribution in [0, 0.1) is 17.8 Å². The van der Waals surface area contributed by atoms with Gasteiger partial charge >= 0.3 is 5.97 Å². The summed E-state index contributed by atoms with van der Waals surface area (Å²) in [4.78, 5) is 15.2. The van der Waals surface area contributed by atoms with Gasteiger partial charge in [0.2, 0.25) is 0 Å². The van der Waals surface area contributed by atoms with Crippen LogP contribution in [0.25, 0.3) is 0 Å². The summed E-state index contributed by atoms with van der Waals surface area (Å²) in [5.41, 5.74) is 3.70. The van der Waals surface area contributed by atoms with Crippen LogP contribution in [0.4, 0.5) is 11.4 Å². The third-order valence-corrected chi connectivity index (χ3v) is 7.41. The molecule has 1 N–H and O–H groups in total. The Morgan fingerprint density at radius 1 is 1.05 bits per heavy atom. The lowest BCUT2D eigenvalue weighted by atomic mass is 10.1. The number of benzene rings is 3. The molecule has 6 nitrogen and oxygen atoms in total. The summed E-state index contributed by atoms with van der Waals surface area (Å²) < 4.78 is 12.2. The molecule has 0 radical (unpaired) electrons. The Labute approximate surface area is 242 Å². The highest BCUT2D eigenvalue weighted by Crippen LogP contribution is 2.45. The SMILES string of the molecule is CN(C)c1cc(C#Cc2ccc(OCC3=C(C4CC4)OCN3c3c(Cl)cccc3Cl)cc2Cl)ccc1C(=O)O. The molecule has 1 fully saturated rings. The van der Waals surface area contributed by atoms with Crippen LogP contribution in [0.1, 0.15) is 34.3 Å². The number of nitrogens with zero attached hydrogens (tertiary/aromatic N) is 2. The first-order valence-corrected chi connectivity index (χ1v) is 13.4. The van der Waals surface area contributed by atoms with Gasteiger partial charge < -0.3 is 24.4 Å². The van der Waals surface area contributed by atoms with Gasteiger partial charge in [0.1, 0.15) is 18.1 Å². The molecule has 3 aromatic rings. The monoisotopic (exact) mass is 582 g/mol. The number of rotatable bonds is 7. The molecule has 3 aromatic carbocycles. The van der Waals surface area contributed by atoms with E-state index in [1.807, 2.05) is 17.0 Å². The van der Waals surface area contributed by atoms with Crippen LogP contribution in [0.3, 0.4) is 0 Å². The van der Waals surface area contributed by atoms with Gasteiger partial charge in [-0.15, -0.1) is 0 Å². The van der Waals surface area contributed by atoms with Gasteiger partial charge in [-0.05, 0) is 55.3 Å². The highest BCUT2D eigenvalue weighted by atomic mass is 35.5. The van der Waals surface area contributed by atoms with Gasteiger partial charge in [0.05, 0.1) is 37.7 Å². The van der Waals surface area contributed by atoms with E-state index in [4.69, 9.17) is 44.3 Å². The Morgan fingerprint density at radius 2 is 1.79 bits per heavy atom. The number of halogens is 3. The van der Waals surface area contributed by atoms with Crippen LogP contribution in [0.5, 0.6) is 5.75 Å². The second-order valence-corrected chi connectivity index (χ2v) is 10.7. The average Bonchev–Trinajstić information content (AvgIpc) is 3.66. The van der Waals surface area contributed by atoms with Crippen molar-refractivity contribution in [1.29, 1.82) is 0 Å². The first-order valence-electron chi connectivity index (χ1n) is 12.3. The van der Waals surface area contributed by atoms with E-state index >= 15 is 0 Å². The normalized spacial score (nSPS) is 14.5. The Balaban J connectivity index is 1.34. The molecule has 0 aromatic heterocycles. The fraction of sp³-hybridized carbons (Fsp3) is 0.233. The zero-order valence-corrected chi connectivity index (χ0v) is 23.6. The van der Waals surface area contributed by atoms with Crippen molar-refractivity contribution in [3.05, 3.63) is 97.8 Å². The number of carboxylic acid groups (broad SMARTS) is 1. The quantitative estimate of drug-likeness (QED) is 0.294. The molecule has 1 heterocycles. The van der Waals surface area contributed by atoms with E-state index in [0.717, 1.165) is 24.3 Å². The number of ether oxygens (including phenoxy) is 2. The van der Waals surface area contributed by atoms with E-state index in [9.17, 15) is 9.90 Å². The molecule has 1 aliphatic heterocycles. The predicted molar refractivity (Wildman–Crippen MR) is 155 cm³/mol. The Kier molecular flexibility index (Phi) is 7.86. The summed E-state index contributed by atoms with van der Waals surface area (Å²) in [6.45, 7) is 0.588. The minimum absolute atomic E-state index is 0.216. The Morgan fingerprint density at radius 3 is 2.44 bits per heavy atom. The number of carbonyl (C=O) groups is 1. The van der Waals surface area contributed by atoms with Gasteiger partial charge in [-0.25, -0.2) is 4.79 Å². The van der Waals surface area contributed by atoms with Crippen molar-refractivity contribution in [2.45, 2.75) is 12.8 Å². The van der Waals surface area contributed by atoms with Crippen molar-refractivity contribution in [1.82, 2.24) is 0 Å². The summed E-state index contributed by atoms with van der Waals surface area (Å²) in [7, 11) is 3.58. The van der Waals surface area contributed by atoms with E-state index in [2.05, 4.69) is 11.8 Å². The molecule has 2 aliphatic rings. The van der Waals surface area contributed by atoms with Crippen molar-refractivity contribution in [2.24, 2.45) is 5.92 Å². The van der Waals surface area contributed by atoms with E-state index in [1.54, 1.807) is 61.5 Å². The van der Waals surface area contributed by atoms with Crippen LogP contribution in [-0.4, -0.2) is 38.5 Å². The average molecular weight is 584 g/mol. The molecule has 0 bridgehead atoms. The minimum Gasteiger partial charge on any atom is -0.487 e. The molecule has 9 heteroatoms. The molecule has 0 atom stereocenters. The van der Waals surface area contributed by atoms with Crippen LogP contribution >= 0.6 is 34.8 Å². The molecule has 200 valence electrons. The van der Waals surface area contributed by atoms with Gasteiger partial charge in [0.15, 0.2) is 6.73 Å². The van der Waals surface area contributed by atoms with Crippen LogP contribution in [0.15, 0.2) is 66.1 Å². The third-order valence-electron chi connectivity index (χ3n) is 6.48. The first kappa shape index (κ1) is 27.1. The smallest absolute Gasteiger partial charge is 0.337 e. The fourth-order valence-electron chi connectivity index (χ4n) is 4.36. The first-order chi connectivity index (χ1) is 18.7. The molecule has 0 spiro atoms. The molecule has 1 saturated carbocycles. The summed E-state index contributed by atoms with van der Waals surface area (Å²) in [6.07, 6.45) is 2.16. The van der Waals surface area contributed by atoms with E-state index in [-0.39, 0.29) is 12.2 Å². The standard InChI is InChI=1S/C30H25Cl3N2O4/c1-34(2)26-14-18(7-13-22(26)30(36)37)6-8-19-11-12-21(15-25(19)33)38-16-27-29(20-9-10-20)39-17-35(27)28-23(31)4-3-5-24(28)32/h3-5,7,11-15,20H,9-10,16-17H2,1-2H3,(H,36,37). The lowest BCUT2D eigenvalue weighted by Gasteiger charge is -2.22. The maximum Gasteiger partial charge on any atom is 0.337 e. The van der Waals surface area contributed by atoms with Gasteiger partial charge in [0, 0.05) is 37.2 Å². The van der Waals surface area contributed by atoms with Crippen molar-refractivity contribution < 1.29 is 19.4 Å². The van der Waals surface area contributed by atoms with E-state index in [1.165, 1.54) is 0 Å². The minimum atomic E-state index is -0.987. The second kappa shape index (κ2) is 11.3. The Bertz CT molecular complexity index is 1520. The predicted octanol–water partition coefficient (Wildman–Crippen LogP) is 7.31. The zero-order chi connectivity index (χ0) is 27.7. The van der Waals surface area contributed by atoms with Crippen LogP contribution in [0.2, 0.25) is 15.1 Å². The van der Waals surface area contributed by atoms with E-state index < -0.39 is 5.97 Å². The van der Waals surface area contributed by atoms with Crippen molar-refractivity contribution in [3.63, 3.8) is 0 Å². The topological polar surface area (TPSA) is 62.2 Å². The van der Waals surface area contributed by atoms with Crippen molar-refractivity contribution in [2.75, 3.05) is 37.2 Å². The largest absolute Gasteiger partial charge is 0.487 e. The lowest BCUT2D eigenvalue weighted by Crippen LogP contribution is -2.24. The maximum atomic E-state index is 11.5. The van der Waals surface area contributed by atoms with Gasteiger partial charge in [-0.1, -0.05) is 52.7 Å². The number of hydrogen-bond acceptors (Lipinski definition) is 5. The second-order valence-electron chi connectivity index (χ2n) is 9.47. The summed E-state index contributed by atoms with van der Waals surface area (Å²) in [6, 6.07) is 15.7. The molecular weight excluding hydrogens is 559 g/mol. The summed E-state index contributed by atoms with van der Waals surface area (Å²) in [5.74, 6) is 7.04. The van der Waals surface area contributed by atoms with Gasteiger partial charge in [-0.3, -0.25) is 0 Å².